The first kappa shape index (κ1) is 17.5. The van der Waals surface area contributed by atoms with Crippen molar-refractivity contribution in [2.75, 3.05) is 7.05 Å². The van der Waals surface area contributed by atoms with E-state index in [-0.39, 0.29) is 16.2 Å². The molecule has 0 saturated heterocycles. The minimum absolute atomic E-state index is 0.259. The summed E-state index contributed by atoms with van der Waals surface area (Å²) in [5.41, 5.74) is 8.00. The summed E-state index contributed by atoms with van der Waals surface area (Å²) >= 11 is 16.8. The Labute approximate surface area is 149 Å². The quantitative estimate of drug-likeness (QED) is 0.431. The highest BCUT2D eigenvalue weighted by molar-refractivity contribution is 7.80. The van der Waals surface area contributed by atoms with Crippen molar-refractivity contribution in [1.29, 1.82) is 0 Å². The van der Waals surface area contributed by atoms with Crippen molar-refractivity contribution in [3.8, 4) is 11.1 Å². The summed E-state index contributed by atoms with van der Waals surface area (Å²) in [6, 6.07) is 8.77. The number of nitrogens with zero attached hydrogens (tertiary/aromatic N) is 1. The summed E-state index contributed by atoms with van der Waals surface area (Å²) in [5.74, 6) is -0.332. The van der Waals surface area contributed by atoms with Gasteiger partial charge in [0, 0.05) is 12.6 Å². The highest BCUT2D eigenvalue weighted by Gasteiger charge is 2.14. The number of hydrogen-bond acceptors (Lipinski definition) is 3. The second kappa shape index (κ2) is 7.59. The lowest BCUT2D eigenvalue weighted by Gasteiger charge is -2.13. The fraction of sp³-hybridized carbons (Fsp3) is 0.133. The first-order valence-electron chi connectivity index (χ1n) is 6.63. The minimum Gasteiger partial charge on any atom is -0.364 e. The van der Waals surface area contributed by atoms with Crippen LogP contribution in [0.4, 0.5) is 0 Å². The lowest BCUT2D eigenvalue weighted by atomic mass is 9.98. The van der Waals surface area contributed by atoms with Gasteiger partial charge >= 0.3 is 0 Å². The molecule has 0 bridgehead atoms. The van der Waals surface area contributed by atoms with Crippen LogP contribution in [-0.2, 0) is 0 Å². The topological polar surface area (TPSA) is 66.0 Å². The van der Waals surface area contributed by atoms with Gasteiger partial charge in [-0.2, -0.15) is 0 Å². The summed E-state index contributed by atoms with van der Waals surface area (Å²) in [6.45, 7) is 1.93. The number of aromatic nitrogens is 1. The third-order valence-electron chi connectivity index (χ3n) is 3.01. The number of carbonyl (C=O) groups excluding carboxylic acids is 1. The van der Waals surface area contributed by atoms with Crippen molar-refractivity contribution in [2.45, 2.75) is 6.92 Å². The van der Waals surface area contributed by atoms with Gasteiger partial charge in [-0.15, -0.1) is 0 Å². The zero-order valence-corrected chi connectivity index (χ0v) is 14.7. The molecule has 0 fully saturated rings. The minimum atomic E-state index is -0.332. The molecular weight excluding hydrogens is 355 g/mol. The Kier molecular flexibility index (Phi) is 5.76. The number of pyridine rings is 1. The van der Waals surface area contributed by atoms with Crippen LogP contribution in [0.3, 0.4) is 0 Å². The van der Waals surface area contributed by atoms with Crippen molar-refractivity contribution in [2.24, 2.45) is 0 Å². The van der Waals surface area contributed by atoms with Crippen LogP contribution in [0.25, 0.3) is 11.1 Å². The van der Waals surface area contributed by atoms with Gasteiger partial charge in [0.1, 0.15) is 10.3 Å². The number of hydrogen-bond donors (Lipinski definition) is 3. The van der Waals surface area contributed by atoms with Gasteiger partial charge in [0.15, 0.2) is 5.11 Å². The van der Waals surface area contributed by atoms with Crippen molar-refractivity contribution < 1.29 is 4.79 Å². The highest BCUT2D eigenvalue weighted by Crippen LogP contribution is 2.28. The molecule has 1 aromatic carbocycles. The predicted molar refractivity (Wildman–Crippen MR) is 96.7 cm³/mol. The van der Waals surface area contributed by atoms with Crippen LogP contribution in [-0.4, -0.2) is 23.1 Å². The van der Waals surface area contributed by atoms with Crippen molar-refractivity contribution in [3.05, 3.63) is 51.8 Å². The smallest absolute Gasteiger partial charge is 0.270 e. The third kappa shape index (κ3) is 4.54. The fourth-order valence-corrected chi connectivity index (χ4v) is 2.47. The SMILES string of the molecule is CNC(=S)NNC(=O)c1ccc(C)cc1-c1cc(Cl)nc(Cl)c1. The van der Waals surface area contributed by atoms with Crippen molar-refractivity contribution >= 4 is 46.4 Å². The van der Waals surface area contributed by atoms with E-state index in [2.05, 4.69) is 21.2 Å². The lowest BCUT2D eigenvalue weighted by molar-refractivity contribution is 0.0944. The van der Waals surface area contributed by atoms with E-state index in [0.717, 1.165) is 5.56 Å². The molecule has 5 nitrogen and oxygen atoms in total. The Morgan fingerprint density at radius 2 is 1.78 bits per heavy atom. The largest absolute Gasteiger partial charge is 0.364 e. The van der Waals surface area contributed by atoms with Gasteiger partial charge in [-0.1, -0.05) is 40.9 Å². The van der Waals surface area contributed by atoms with Gasteiger partial charge < -0.3 is 5.32 Å². The van der Waals surface area contributed by atoms with Gasteiger partial charge in [-0.05, 0) is 48.5 Å². The van der Waals surface area contributed by atoms with E-state index in [9.17, 15) is 4.79 Å². The summed E-state index contributed by atoms with van der Waals surface area (Å²) < 4.78 is 0. The number of rotatable bonds is 2. The van der Waals surface area contributed by atoms with Crippen LogP contribution < -0.4 is 16.2 Å². The second-order valence-electron chi connectivity index (χ2n) is 4.71. The van der Waals surface area contributed by atoms with Crippen LogP contribution in [0.2, 0.25) is 10.3 Å². The summed E-state index contributed by atoms with van der Waals surface area (Å²) in [7, 11) is 1.65. The van der Waals surface area contributed by atoms with Crippen LogP contribution >= 0.6 is 35.4 Å². The van der Waals surface area contributed by atoms with E-state index in [1.165, 1.54) is 0 Å². The molecule has 0 radical (unpaired) electrons. The monoisotopic (exact) mass is 368 g/mol. The Hall–Kier alpha value is -1.89. The molecule has 2 rings (SSSR count). The number of nitrogens with one attached hydrogen (secondary N) is 3. The zero-order chi connectivity index (χ0) is 17.0. The van der Waals surface area contributed by atoms with E-state index in [0.29, 0.717) is 21.8 Å². The van der Waals surface area contributed by atoms with E-state index in [1.54, 1.807) is 25.2 Å². The number of thiocarbonyl (C=S) groups is 1. The maximum atomic E-state index is 12.4. The van der Waals surface area contributed by atoms with E-state index in [1.807, 2.05) is 19.1 Å². The van der Waals surface area contributed by atoms with E-state index in [4.69, 9.17) is 35.4 Å². The van der Waals surface area contributed by atoms with E-state index >= 15 is 0 Å². The van der Waals surface area contributed by atoms with Gasteiger partial charge in [0.25, 0.3) is 5.91 Å². The molecule has 23 heavy (non-hydrogen) atoms. The lowest BCUT2D eigenvalue weighted by Crippen LogP contribution is -2.45. The number of benzene rings is 1. The molecule has 8 heteroatoms. The van der Waals surface area contributed by atoms with Crippen LogP contribution in [0.5, 0.6) is 0 Å². The fourth-order valence-electron chi connectivity index (χ4n) is 1.96. The molecule has 3 N–H and O–H groups in total. The number of halogens is 2. The number of hydrazine groups is 1. The highest BCUT2D eigenvalue weighted by atomic mass is 35.5. The Morgan fingerprint density at radius 3 is 2.39 bits per heavy atom. The molecule has 0 aliphatic rings. The number of aryl methyl sites for hydroxylation is 1. The maximum absolute atomic E-state index is 12.4. The predicted octanol–water partition coefficient (Wildman–Crippen LogP) is 3.10. The summed E-state index contributed by atoms with van der Waals surface area (Å²) in [5, 5.41) is 3.53. The average Bonchev–Trinajstić information content (AvgIpc) is 2.51. The van der Waals surface area contributed by atoms with Crippen LogP contribution in [0.15, 0.2) is 30.3 Å². The van der Waals surface area contributed by atoms with Crippen LogP contribution in [0, 0.1) is 6.92 Å². The Balaban J connectivity index is 2.41. The molecule has 0 aliphatic carbocycles. The van der Waals surface area contributed by atoms with Crippen LogP contribution in [0.1, 0.15) is 15.9 Å². The molecule has 1 amide bonds. The molecule has 0 aliphatic heterocycles. The van der Waals surface area contributed by atoms with Crippen molar-refractivity contribution in [3.63, 3.8) is 0 Å². The maximum Gasteiger partial charge on any atom is 0.270 e. The van der Waals surface area contributed by atoms with E-state index < -0.39 is 0 Å². The molecule has 0 saturated carbocycles. The summed E-state index contributed by atoms with van der Waals surface area (Å²) in [4.78, 5) is 16.3. The second-order valence-corrected chi connectivity index (χ2v) is 5.89. The Morgan fingerprint density at radius 1 is 1.13 bits per heavy atom. The zero-order valence-electron chi connectivity index (χ0n) is 12.4. The van der Waals surface area contributed by atoms with Gasteiger partial charge in [0.05, 0.1) is 0 Å². The summed E-state index contributed by atoms with van der Waals surface area (Å²) in [6.07, 6.45) is 0. The molecule has 0 atom stereocenters. The number of amides is 1. The average molecular weight is 369 g/mol. The first-order valence-corrected chi connectivity index (χ1v) is 7.79. The molecule has 1 heterocycles. The molecule has 0 unspecified atom stereocenters. The molecule has 0 spiro atoms. The van der Waals surface area contributed by atoms with Crippen molar-refractivity contribution in [1.82, 2.24) is 21.2 Å². The molecular formula is C15H14Cl2N4OS. The van der Waals surface area contributed by atoms with Gasteiger partial charge in [0.2, 0.25) is 0 Å². The van der Waals surface area contributed by atoms with Gasteiger partial charge in [-0.3, -0.25) is 15.6 Å². The molecule has 120 valence electrons. The first-order chi connectivity index (χ1) is 10.9. The Bertz CT molecular complexity index is 747. The molecule has 1 aromatic heterocycles. The standard InChI is InChI=1S/C15H14Cl2N4OS/c1-8-3-4-10(14(22)20-21-15(23)18-2)11(5-8)9-6-12(16)19-13(17)7-9/h3-7H,1-2H3,(H,20,22)(H2,18,21,23). The normalized spacial score (nSPS) is 10.1. The third-order valence-corrected chi connectivity index (χ3v) is 3.70. The molecule has 2 aromatic rings. The van der Waals surface area contributed by atoms with Gasteiger partial charge in [-0.25, -0.2) is 4.98 Å². The number of carbonyl (C=O) groups is 1.